The van der Waals surface area contributed by atoms with Crippen LogP contribution in [-0.4, -0.2) is 30.8 Å². The Labute approximate surface area is 227 Å². The van der Waals surface area contributed by atoms with Crippen LogP contribution in [0.2, 0.25) is 0 Å². The molecule has 2 aromatic rings. The summed E-state index contributed by atoms with van der Waals surface area (Å²) in [5.74, 6) is 0. The van der Waals surface area contributed by atoms with E-state index >= 15 is 0 Å². The van der Waals surface area contributed by atoms with Crippen LogP contribution in [0.1, 0.15) is 49.2 Å². The molecule has 0 saturated heterocycles. The molecule has 33 heavy (non-hydrogen) atoms. The molecule has 1 aliphatic rings. The number of rotatable bonds is 2. The fourth-order valence-corrected chi connectivity index (χ4v) is 4.82. The molecular weight excluding hydrogens is 658 g/mol. The summed E-state index contributed by atoms with van der Waals surface area (Å²) in [5.41, 5.74) is 6.91. The van der Waals surface area contributed by atoms with Gasteiger partial charge in [0.25, 0.3) is 0 Å². The Kier molecular flexibility index (Phi) is 16.4. The quantitative estimate of drug-likeness (QED) is 0.337. The molecule has 4 nitrogen and oxygen atoms in total. The fraction of sp³-hybridized carbons (Fsp3) is 0.400. The van der Waals surface area contributed by atoms with Crippen LogP contribution >= 0.6 is 24.8 Å². The van der Waals surface area contributed by atoms with Crippen molar-refractivity contribution in [2.45, 2.75) is 59.3 Å². The molecule has 0 N–H and O–H groups in total. The third kappa shape index (κ3) is 11.3. The molecule has 0 unspecified atom stereocenters. The van der Waals surface area contributed by atoms with E-state index in [2.05, 4.69) is 37.0 Å². The first-order valence-corrected chi connectivity index (χ1v) is 11.8. The Morgan fingerprint density at radius 2 is 1.33 bits per heavy atom. The minimum absolute atomic E-state index is 0. The maximum absolute atomic E-state index is 12.8. The van der Waals surface area contributed by atoms with Crippen molar-refractivity contribution in [3.05, 3.63) is 82.2 Å². The zero-order chi connectivity index (χ0) is 22.3. The largest absolute Gasteiger partial charge is 2.00 e. The van der Waals surface area contributed by atoms with Gasteiger partial charge < -0.3 is 0 Å². The van der Waals surface area contributed by atoms with Crippen LogP contribution in [0.4, 0.5) is 0 Å². The normalized spacial score (nSPS) is 17.4. The first-order valence-electron chi connectivity index (χ1n) is 10.4. The second kappa shape index (κ2) is 15.8. The summed E-state index contributed by atoms with van der Waals surface area (Å²) in [7, 11) is -3.44. The molecule has 0 atom stereocenters. The van der Waals surface area contributed by atoms with Gasteiger partial charge >= 0.3 is 21.1 Å². The minimum Gasteiger partial charge on any atom is -0.258 e. The van der Waals surface area contributed by atoms with Crippen molar-refractivity contribution in [2.75, 3.05) is 13.1 Å². The van der Waals surface area contributed by atoms with Crippen molar-refractivity contribution in [1.82, 2.24) is 9.29 Å². The Morgan fingerprint density at radius 3 is 1.85 bits per heavy atom. The van der Waals surface area contributed by atoms with E-state index in [4.69, 9.17) is 0 Å². The maximum Gasteiger partial charge on any atom is 2.00 e. The molecule has 1 aromatic carbocycles. The predicted octanol–water partition coefficient (Wildman–Crippen LogP) is 6.52. The van der Waals surface area contributed by atoms with Crippen molar-refractivity contribution in [3.63, 3.8) is 0 Å². The average Bonchev–Trinajstić information content (AvgIpc) is 2.72. The predicted molar refractivity (Wildman–Crippen MR) is 140 cm³/mol. The SMILES string of the molecule is C/C1=C/CN(S(=O)(=O)c2ccc(C)cc2)C/C(C)=C/CC1.Cc1cc(C)nc(C)c1.Cl.Cl.[Pt+2]. The van der Waals surface area contributed by atoms with Crippen LogP contribution < -0.4 is 0 Å². The van der Waals surface area contributed by atoms with Gasteiger partial charge in [-0.1, -0.05) is 41.0 Å². The second-order valence-corrected chi connectivity index (χ2v) is 10.1. The molecule has 0 amide bonds. The van der Waals surface area contributed by atoms with E-state index in [-0.39, 0.29) is 45.9 Å². The molecule has 0 fully saturated rings. The Morgan fingerprint density at radius 1 is 0.788 bits per heavy atom. The Bertz CT molecular complexity index is 986. The van der Waals surface area contributed by atoms with Crippen molar-refractivity contribution in [1.29, 1.82) is 0 Å². The first kappa shape index (κ1) is 34.2. The van der Waals surface area contributed by atoms with E-state index in [1.54, 1.807) is 16.4 Å². The smallest absolute Gasteiger partial charge is 0.258 e. The van der Waals surface area contributed by atoms with E-state index in [0.717, 1.165) is 35.4 Å². The Hall–Kier alpha value is -0.972. The molecule has 2 heterocycles. The molecule has 0 aliphatic carbocycles. The monoisotopic (exact) mass is 693 g/mol. The van der Waals surface area contributed by atoms with Gasteiger partial charge in [-0.3, -0.25) is 4.98 Å². The zero-order valence-corrected chi connectivity index (χ0v) is 24.9. The van der Waals surface area contributed by atoms with Gasteiger partial charge in [-0.05, 0) is 84.2 Å². The summed E-state index contributed by atoms with van der Waals surface area (Å²) in [6.45, 7) is 13.0. The number of halogens is 2. The number of benzene rings is 1. The molecule has 1 aromatic heterocycles. The molecule has 0 radical (unpaired) electrons. The number of hydrogen-bond donors (Lipinski definition) is 0. The number of pyridine rings is 1. The summed E-state index contributed by atoms with van der Waals surface area (Å²) in [4.78, 5) is 4.60. The van der Waals surface area contributed by atoms with Crippen LogP contribution in [0.5, 0.6) is 0 Å². The number of nitrogens with zero attached hydrogens (tertiary/aromatic N) is 2. The van der Waals surface area contributed by atoms with Gasteiger partial charge in [-0.25, -0.2) is 8.42 Å². The summed E-state index contributed by atoms with van der Waals surface area (Å²) < 4.78 is 27.1. The molecule has 8 heteroatoms. The van der Waals surface area contributed by atoms with Gasteiger partial charge in [-0.2, -0.15) is 4.31 Å². The molecule has 1 aliphatic heterocycles. The molecule has 0 spiro atoms. The third-order valence-corrected chi connectivity index (χ3v) is 6.81. The van der Waals surface area contributed by atoms with Crippen LogP contribution in [0.3, 0.4) is 0 Å². The fourth-order valence-electron chi connectivity index (χ4n) is 3.40. The van der Waals surface area contributed by atoms with Gasteiger partial charge in [0.05, 0.1) is 4.90 Å². The number of sulfonamides is 1. The molecular formula is C25H36Cl2N2O2PtS+2. The molecule has 0 saturated carbocycles. The van der Waals surface area contributed by atoms with E-state index < -0.39 is 10.0 Å². The first-order chi connectivity index (χ1) is 14.1. The average molecular weight is 695 g/mol. The number of aryl methyl sites for hydroxylation is 4. The van der Waals surface area contributed by atoms with E-state index in [9.17, 15) is 8.42 Å². The molecule has 186 valence electrons. The number of hydrogen-bond acceptors (Lipinski definition) is 3. The summed E-state index contributed by atoms with van der Waals surface area (Å²) in [6, 6.07) is 11.2. The van der Waals surface area contributed by atoms with Crippen molar-refractivity contribution in [2.24, 2.45) is 0 Å². The van der Waals surface area contributed by atoms with Crippen LogP contribution in [-0.2, 0) is 31.1 Å². The van der Waals surface area contributed by atoms with Gasteiger partial charge in [-0.15, -0.1) is 24.8 Å². The van der Waals surface area contributed by atoms with Gasteiger partial charge in [0, 0.05) is 24.5 Å². The van der Waals surface area contributed by atoms with Gasteiger partial charge in [0.1, 0.15) is 0 Å². The standard InChI is InChI=1S/C17H23NO2S.C8H11N.2ClH.Pt/c1-14-5-4-6-16(3)13-18(12-11-14)21(19,20)17-9-7-15(2)8-10-17;1-6-4-7(2)9-8(3)5-6;;;/h6-11H,4-5,12-13H2,1-3H3;4-5H,1-3H3;2*1H;/q;;;;+2/b14-11-,16-6+;;;;. The van der Waals surface area contributed by atoms with Crippen LogP contribution in [0, 0.1) is 27.7 Å². The van der Waals surface area contributed by atoms with Crippen LogP contribution in [0.25, 0.3) is 0 Å². The second-order valence-electron chi connectivity index (χ2n) is 8.18. The van der Waals surface area contributed by atoms with Crippen molar-refractivity contribution in [3.8, 4) is 0 Å². The zero-order valence-electron chi connectivity index (χ0n) is 20.2. The van der Waals surface area contributed by atoms with E-state index in [1.165, 1.54) is 11.1 Å². The summed E-state index contributed by atoms with van der Waals surface area (Å²) in [5, 5.41) is 0. The number of allylic oxidation sites excluding steroid dienone is 2. The third-order valence-electron chi connectivity index (χ3n) is 4.99. The van der Waals surface area contributed by atoms with Crippen molar-refractivity contribution < 1.29 is 29.5 Å². The molecule has 3 rings (SSSR count). The van der Waals surface area contributed by atoms with Crippen molar-refractivity contribution >= 4 is 34.8 Å². The number of aromatic nitrogens is 1. The maximum atomic E-state index is 12.8. The van der Waals surface area contributed by atoms with Gasteiger partial charge in [0.15, 0.2) is 0 Å². The minimum atomic E-state index is -3.44. The van der Waals surface area contributed by atoms with Crippen LogP contribution in [0.15, 0.2) is 64.6 Å². The summed E-state index contributed by atoms with van der Waals surface area (Å²) in [6.07, 6.45) is 6.14. The Balaban J connectivity index is 0. The van der Waals surface area contributed by atoms with Gasteiger partial charge in [0.2, 0.25) is 10.0 Å². The van der Waals surface area contributed by atoms with E-state index in [0.29, 0.717) is 18.0 Å². The van der Waals surface area contributed by atoms with E-state index in [1.807, 2.05) is 45.9 Å². The molecule has 0 bridgehead atoms. The summed E-state index contributed by atoms with van der Waals surface area (Å²) >= 11 is 0. The topological polar surface area (TPSA) is 50.3 Å².